The Bertz CT molecular complexity index is 352. The molecule has 96 valence electrons. The van der Waals surface area contributed by atoms with Crippen molar-refractivity contribution in [2.45, 2.75) is 45.8 Å². The average Bonchev–Trinajstić information content (AvgIpc) is 2.33. The first kappa shape index (κ1) is 14.2. The smallest absolute Gasteiger partial charge is 0.0543 e. The molecule has 0 radical (unpaired) electrons. The second kappa shape index (κ2) is 6.74. The fourth-order valence-electron chi connectivity index (χ4n) is 1.98. The molecule has 0 spiro atoms. The summed E-state index contributed by atoms with van der Waals surface area (Å²) < 4.78 is 5.27. The Morgan fingerprint density at radius 2 is 2.00 bits per heavy atom. The van der Waals surface area contributed by atoms with Crippen LogP contribution < -0.4 is 11.3 Å². The van der Waals surface area contributed by atoms with E-state index in [0.29, 0.717) is 0 Å². The highest BCUT2D eigenvalue weighted by atomic mass is 16.5. The molecule has 0 amide bonds. The maximum atomic E-state index is 5.66. The van der Waals surface area contributed by atoms with Crippen molar-refractivity contribution in [3.63, 3.8) is 0 Å². The highest BCUT2D eigenvalue weighted by Gasteiger charge is 2.13. The zero-order valence-corrected chi connectivity index (χ0v) is 11.3. The van der Waals surface area contributed by atoms with E-state index in [0.717, 1.165) is 12.8 Å². The summed E-state index contributed by atoms with van der Waals surface area (Å²) in [7, 11) is 1.74. The first-order valence-corrected chi connectivity index (χ1v) is 6.14. The molecule has 1 aromatic carbocycles. The summed E-state index contributed by atoms with van der Waals surface area (Å²) in [6.45, 7) is 6.31. The number of aryl methyl sites for hydroxylation is 2. The van der Waals surface area contributed by atoms with Crippen LogP contribution in [0.15, 0.2) is 18.2 Å². The fourth-order valence-corrected chi connectivity index (χ4v) is 1.98. The molecule has 0 aliphatic heterocycles. The van der Waals surface area contributed by atoms with Gasteiger partial charge in [-0.15, -0.1) is 0 Å². The van der Waals surface area contributed by atoms with Crippen LogP contribution in [0.4, 0.5) is 0 Å². The second-order valence-electron chi connectivity index (χ2n) is 4.70. The predicted octanol–water partition coefficient (Wildman–Crippen LogP) is 2.62. The fraction of sp³-hybridized carbons (Fsp3) is 0.571. The third-order valence-corrected chi connectivity index (χ3v) is 3.28. The van der Waals surface area contributed by atoms with Crippen LogP contribution in [0, 0.1) is 13.8 Å². The molecule has 0 aliphatic carbocycles. The van der Waals surface area contributed by atoms with Gasteiger partial charge in [-0.3, -0.25) is 11.3 Å². The lowest BCUT2D eigenvalue weighted by atomic mass is 9.95. The Labute approximate surface area is 104 Å². The third kappa shape index (κ3) is 4.11. The average molecular weight is 236 g/mol. The Balaban J connectivity index is 2.75. The van der Waals surface area contributed by atoms with Gasteiger partial charge in [0.15, 0.2) is 0 Å². The van der Waals surface area contributed by atoms with Gasteiger partial charge in [0.25, 0.3) is 0 Å². The number of hydrogen-bond donors (Lipinski definition) is 2. The Morgan fingerprint density at radius 3 is 2.59 bits per heavy atom. The number of methoxy groups -OCH3 is 1. The molecule has 3 nitrogen and oxygen atoms in total. The molecule has 1 aromatic rings. The van der Waals surface area contributed by atoms with E-state index in [2.05, 4.69) is 44.4 Å². The van der Waals surface area contributed by atoms with Gasteiger partial charge in [0.1, 0.15) is 0 Å². The Morgan fingerprint density at radius 1 is 1.29 bits per heavy atom. The van der Waals surface area contributed by atoms with E-state index in [4.69, 9.17) is 10.6 Å². The number of hydrazine groups is 1. The molecule has 3 heteroatoms. The largest absolute Gasteiger partial charge is 0.382 e. The van der Waals surface area contributed by atoms with Gasteiger partial charge in [0.05, 0.1) is 6.10 Å². The van der Waals surface area contributed by atoms with Gasteiger partial charge < -0.3 is 4.74 Å². The van der Waals surface area contributed by atoms with E-state index in [1.807, 2.05) is 0 Å². The number of nitrogens with one attached hydrogen (secondary N) is 1. The summed E-state index contributed by atoms with van der Waals surface area (Å²) in [6.07, 6.45) is 2.25. The minimum absolute atomic E-state index is 0.201. The molecule has 0 heterocycles. The first-order valence-electron chi connectivity index (χ1n) is 6.14. The van der Waals surface area contributed by atoms with Crippen LogP contribution in [0.3, 0.4) is 0 Å². The quantitative estimate of drug-likeness (QED) is 0.589. The molecule has 0 saturated heterocycles. The van der Waals surface area contributed by atoms with Crippen molar-refractivity contribution in [1.29, 1.82) is 0 Å². The summed E-state index contributed by atoms with van der Waals surface area (Å²) in [5, 5.41) is 0. The Kier molecular flexibility index (Phi) is 5.62. The maximum absolute atomic E-state index is 5.66. The van der Waals surface area contributed by atoms with E-state index in [-0.39, 0.29) is 12.1 Å². The van der Waals surface area contributed by atoms with Crippen molar-refractivity contribution in [1.82, 2.24) is 5.43 Å². The van der Waals surface area contributed by atoms with Crippen molar-refractivity contribution < 1.29 is 4.74 Å². The van der Waals surface area contributed by atoms with Gasteiger partial charge in [-0.05, 0) is 44.7 Å². The zero-order chi connectivity index (χ0) is 12.8. The van der Waals surface area contributed by atoms with Crippen molar-refractivity contribution >= 4 is 0 Å². The van der Waals surface area contributed by atoms with E-state index < -0.39 is 0 Å². The number of benzene rings is 1. The normalized spacial score (nSPS) is 14.6. The van der Waals surface area contributed by atoms with Crippen LogP contribution in [0.5, 0.6) is 0 Å². The van der Waals surface area contributed by atoms with Crippen molar-refractivity contribution in [3.05, 3.63) is 34.9 Å². The van der Waals surface area contributed by atoms with Crippen LogP contribution >= 0.6 is 0 Å². The summed E-state index contributed by atoms with van der Waals surface area (Å²) >= 11 is 0. The lowest BCUT2D eigenvalue weighted by Crippen LogP contribution is -2.29. The van der Waals surface area contributed by atoms with Crippen molar-refractivity contribution in [2.75, 3.05) is 7.11 Å². The van der Waals surface area contributed by atoms with E-state index in [1.54, 1.807) is 7.11 Å². The highest BCUT2D eigenvalue weighted by Crippen LogP contribution is 2.23. The monoisotopic (exact) mass is 236 g/mol. The number of rotatable bonds is 6. The van der Waals surface area contributed by atoms with E-state index in [1.165, 1.54) is 16.7 Å². The minimum Gasteiger partial charge on any atom is -0.382 e. The molecule has 0 aliphatic rings. The molecule has 2 unspecified atom stereocenters. The summed E-state index contributed by atoms with van der Waals surface area (Å²) in [5.74, 6) is 5.66. The number of nitrogens with two attached hydrogens (primary N) is 1. The van der Waals surface area contributed by atoms with Gasteiger partial charge in [-0.2, -0.15) is 0 Å². The van der Waals surface area contributed by atoms with Gasteiger partial charge in [0, 0.05) is 13.2 Å². The zero-order valence-electron chi connectivity index (χ0n) is 11.3. The molecule has 0 saturated carbocycles. The van der Waals surface area contributed by atoms with Crippen LogP contribution in [0.2, 0.25) is 0 Å². The molecule has 0 fully saturated rings. The molecular formula is C14H24N2O. The summed E-state index contributed by atoms with van der Waals surface area (Å²) in [5.41, 5.74) is 6.75. The summed E-state index contributed by atoms with van der Waals surface area (Å²) in [4.78, 5) is 0. The number of hydrogen-bond acceptors (Lipinski definition) is 3. The minimum atomic E-state index is 0.201. The van der Waals surface area contributed by atoms with Crippen LogP contribution in [0.1, 0.15) is 42.5 Å². The highest BCUT2D eigenvalue weighted by molar-refractivity contribution is 5.32. The molecule has 2 atom stereocenters. The molecular weight excluding hydrogens is 212 g/mol. The topological polar surface area (TPSA) is 47.3 Å². The van der Waals surface area contributed by atoms with Crippen LogP contribution in [0.25, 0.3) is 0 Å². The molecule has 3 N–H and O–H groups in total. The molecule has 1 rings (SSSR count). The van der Waals surface area contributed by atoms with Gasteiger partial charge in [-0.1, -0.05) is 23.8 Å². The first-order chi connectivity index (χ1) is 8.08. The molecule has 0 bridgehead atoms. The lowest BCUT2D eigenvalue weighted by molar-refractivity contribution is 0.106. The van der Waals surface area contributed by atoms with Gasteiger partial charge in [0.2, 0.25) is 0 Å². The van der Waals surface area contributed by atoms with E-state index in [9.17, 15) is 0 Å². The number of ether oxygens (including phenoxy) is 1. The van der Waals surface area contributed by atoms with Crippen LogP contribution in [-0.4, -0.2) is 13.2 Å². The van der Waals surface area contributed by atoms with Gasteiger partial charge >= 0.3 is 0 Å². The standard InChI is InChI=1S/C14H24N2O/c1-10-5-6-11(2)13(9-10)14(16-15)8-7-12(3)17-4/h5-6,9,12,14,16H,7-8,15H2,1-4H3. The SMILES string of the molecule is COC(C)CCC(NN)c1cc(C)ccc1C. The Hall–Kier alpha value is -0.900. The molecule has 17 heavy (non-hydrogen) atoms. The summed E-state index contributed by atoms with van der Waals surface area (Å²) in [6, 6.07) is 6.68. The van der Waals surface area contributed by atoms with Crippen LogP contribution in [-0.2, 0) is 4.74 Å². The van der Waals surface area contributed by atoms with Crippen molar-refractivity contribution in [3.8, 4) is 0 Å². The lowest BCUT2D eigenvalue weighted by Gasteiger charge is -2.20. The van der Waals surface area contributed by atoms with Crippen molar-refractivity contribution in [2.24, 2.45) is 5.84 Å². The second-order valence-corrected chi connectivity index (χ2v) is 4.70. The van der Waals surface area contributed by atoms with E-state index >= 15 is 0 Å². The predicted molar refractivity (Wildman–Crippen MR) is 71.7 cm³/mol. The maximum Gasteiger partial charge on any atom is 0.0543 e. The third-order valence-electron chi connectivity index (χ3n) is 3.28. The molecule has 0 aromatic heterocycles. The van der Waals surface area contributed by atoms with Gasteiger partial charge in [-0.25, -0.2) is 0 Å².